The summed E-state index contributed by atoms with van der Waals surface area (Å²) in [5.74, 6) is 0.204. The number of hydrogen-bond acceptors (Lipinski definition) is 3. The molecule has 1 aromatic heterocycles. The van der Waals surface area contributed by atoms with Crippen LogP contribution in [-0.4, -0.2) is 12.5 Å². The van der Waals surface area contributed by atoms with E-state index in [1.54, 1.807) is 12.3 Å². The minimum atomic E-state index is 0.204. The summed E-state index contributed by atoms with van der Waals surface area (Å²) in [5.41, 5.74) is 0.709. The Labute approximate surface area is 84.6 Å². The van der Waals surface area contributed by atoms with Gasteiger partial charge >= 0.3 is 0 Å². The standard InChI is InChI=1S/C11H17NO2/c1-2-3-4-5-7-14-11(12)10-6-8-13-9-10/h6,8-9,12H,2-5,7H2,1H3. The van der Waals surface area contributed by atoms with Gasteiger partial charge in [-0.15, -0.1) is 0 Å². The largest absolute Gasteiger partial charge is 0.478 e. The van der Waals surface area contributed by atoms with Gasteiger partial charge in [-0.2, -0.15) is 0 Å². The van der Waals surface area contributed by atoms with E-state index in [2.05, 4.69) is 6.92 Å². The van der Waals surface area contributed by atoms with Crippen molar-refractivity contribution in [2.45, 2.75) is 32.6 Å². The van der Waals surface area contributed by atoms with Crippen molar-refractivity contribution < 1.29 is 9.15 Å². The van der Waals surface area contributed by atoms with Crippen LogP contribution in [0.3, 0.4) is 0 Å². The average Bonchev–Trinajstić information content (AvgIpc) is 2.70. The van der Waals surface area contributed by atoms with Crippen LogP contribution < -0.4 is 0 Å². The van der Waals surface area contributed by atoms with Gasteiger partial charge in [0.25, 0.3) is 0 Å². The van der Waals surface area contributed by atoms with E-state index in [1.165, 1.54) is 25.5 Å². The molecule has 3 nitrogen and oxygen atoms in total. The summed E-state index contributed by atoms with van der Waals surface area (Å²) in [4.78, 5) is 0. The molecule has 0 atom stereocenters. The maximum Gasteiger partial charge on any atom is 0.216 e. The van der Waals surface area contributed by atoms with Crippen molar-refractivity contribution in [3.8, 4) is 0 Å². The highest BCUT2D eigenvalue weighted by molar-refractivity contribution is 5.91. The van der Waals surface area contributed by atoms with Crippen LogP contribution in [0.2, 0.25) is 0 Å². The van der Waals surface area contributed by atoms with Crippen LogP contribution in [0.15, 0.2) is 23.0 Å². The summed E-state index contributed by atoms with van der Waals surface area (Å²) in [6.45, 7) is 2.80. The lowest BCUT2D eigenvalue weighted by molar-refractivity contribution is 0.291. The Morgan fingerprint density at radius 1 is 1.43 bits per heavy atom. The molecule has 0 unspecified atom stereocenters. The summed E-state index contributed by atoms with van der Waals surface area (Å²) < 4.78 is 10.1. The van der Waals surface area contributed by atoms with Crippen molar-refractivity contribution in [3.05, 3.63) is 24.2 Å². The molecule has 0 fully saturated rings. The molecule has 3 heteroatoms. The first-order chi connectivity index (χ1) is 6.84. The molecule has 0 aromatic carbocycles. The van der Waals surface area contributed by atoms with E-state index in [1.807, 2.05) is 0 Å². The van der Waals surface area contributed by atoms with Crippen molar-refractivity contribution >= 4 is 5.90 Å². The normalized spacial score (nSPS) is 10.1. The van der Waals surface area contributed by atoms with Crippen LogP contribution >= 0.6 is 0 Å². The van der Waals surface area contributed by atoms with Crippen LogP contribution in [0, 0.1) is 5.41 Å². The Balaban J connectivity index is 2.10. The van der Waals surface area contributed by atoms with Gasteiger partial charge in [0.05, 0.1) is 18.4 Å². The Hall–Kier alpha value is -1.25. The van der Waals surface area contributed by atoms with Gasteiger partial charge in [-0.05, 0) is 12.5 Å². The second-order valence-electron chi connectivity index (χ2n) is 3.25. The molecule has 0 aliphatic heterocycles. The zero-order chi connectivity index (χ0) is 10.2. The fourth-order valence-corrected chi connectivity index (χ4v) is 1.18. The molecule has 0 saturated heterocycles. The van der Waals surface area contributed by atoms with Crippen molar-refractivity contribution in [1.82, 2.24) is 0 Å². The lowest BCUT2D eigenvalue weighted by atomic mass is 10.2. The number of ether oxygens (including phenoxy) is 1. The molecule has 0 radical (unpaired) electrons. The lowest BCUT2D eigenvalue weighted by Crippen LogP contribution is -2.05. The van der Waals surface area contributed by atoms with E-state index in [9.17, 15) is 0 Å². The Morgan fingerprint density at radius 2 is 2.29 bits per heavy atom. The summed E-state index contributed by atoms with van der Waals surface area (Å²) in [5, 5.41) is 7.54. The van der Waals surface area contributed by atoms with Crippen LogP contribution in [0.1, 0.15) is 38.2 Å². The van der Waals surface area contributed by atoms with E-state index in [0.29, 0.717) is 12.2 Å². The van der Waals surface area contributed by atoms with Gasteiger partial charge in [-0.1, -0.05) is 26.2 Å². The van der Waals surface area contributed by atoms with Gasteiger partial charge < -0.3 is 9.15 Å². The Bertz CT molecular complexity index is 254. The number of hydrogen-bond donors (Lipinski definition) is 1. The molecule has 14 heavy (non-hydrogen) atoms. The third kappa shape index (κ3) is 3.64. The Morgan fingerprint density at radius 3 is 2.93 bits per heavy atom. The highest BCUT2D eigenvalue weighted by Crippen LogP contribution is 2.04. The zero-order valence-corrected chi connectivity index (χ0v) is 8.58. The first-order valence-corrected chi connectivity index (χ1v) is 5.08. The highest BCUT2D eigenvalue weighted by atomic mass is 16.5. The molecule has 0 saturated carbocycles. The number of unbranched alkanes of at least 4 members (excludes halogenated alkanes) is 3. The van der Waals surface area contributed by atoms with Crippen molar-refractivity contribution in [2.75, 3.05) is 6.61 Å². The molecule has 0 amide bonds. The molecular formula is C11H17NO2. The minimum Gasteiger partial charge on any atom is -0.478 e. The Kier molecular flexibility index (Phi) is 4.83. The molecule has 78 valence electrons. The second-order valence-corrected chi connectivity index (χ2v) is 3.25. The number of rotatable bonds is 6. The smallest absolute Gasteiger partial charge is 0.216 e. The number of furan rings is 1. The van der Waals surface area contributed by atoms with E-state index in [-0.39, 0.29) is 5.90 Å². The molecule has 0 spiro atoms. The van der Waals surface area contributed by atoms with Crippen LogP contribution in [-0.2, 0) is 4.74 Å². The number of nitrogens with one attached hydrogen (secondary N) is 1. The van der Waals surface area contributed by atoms with Crippen LogP contribution in [0.25, 0.3) is 0 Å². The third-order valence-electron chi connectivity index (χ3n) is 2.03. The maximum absolute atomic E-state index is 7.54. The molecule has 1 heterocycles. The molecule has 1 aromatic rings. The van der Waals surface area contributed by atoms with E-state index in [4.69, 9.17) is 14.6 Å². The molecule has 0 aliphatic carbocycles. The maximum atomic E-state index is 7.54. The van der Waals surface area contributed by atoms with Gasteiger partial charge in [0, 0.05) is 0 Å². The molecule has 0 aliphatic rings. The molecule has 1 N–H and O–H groups in total. The van der Waals surface area contributed by atoms with E-state index in [0.717, 1.165) is 6.42 Å². The fourth-order valence-electron chi connectivity index (χ4n) is 1.18. The summed E-state index contributed by atoms with van der Waals surface area (Å²) in [6, 6.07) is 1.73. The van der Waals surface area contributed by atoms with Gasteiger partial charge in [-0.25, -0.2) is 0 Å². The molecular weight excluding hydrogens is 178 g/mol. The summed E-state index contributed by atoms with van der Waals surface area (Å²) in [6.07, 6.45) is 7.73. The van der Waals surface area contributed by atoms with Crippen molar-refractivity contribution in [3.63, 3.8) is 0 Å². The van der Waals surface area contributed by atoms with Crippen molar-refractivity contribution in [1.29, 1.82) is 5.41 Å². The predicted octanol–water partition coefficient (Wildman–Crippen LogP) is 3.20. The molecule has 1 rings (SSSR count). The predicted molar refractivity (Wildman–Crippen MR) is 55.6 cm³/mol. The monoisotopic (exact) mass is 195 g/mol. The topological polar surface area (TPSA) is 46.2 Å². The minimum absolute atomic E-state index is 0.204. The fraction of sp³-hybridized carbons (Fsp3) is 0.545. The summed E-state index contributed by atoms with van der Waals surface area (Å²) >= 11 is 0. The van der Waals surface area contributed by atoms with E-state index < -0.39 is 0 Å². The highest BCUT2D eigenvalue weighted by Gasteiger charge is 2.02. The summed E-state index contributed by atoms with van der Waals surface area (Å²) in [7, 11) is 0. The average molecular weight is 195 g/mol. The van der Waals surface area contributed by atoms with Gasteiger partial charge in [-0.3, -0.25) is 5.41 Å². The van der Waals surface area contributed by atoms with Crippen LogP contribution in [0.4, 0.5) is 0 Å². The lowest BCUT2D eigenvalue weighted by Gasteiger charge is -2.04. The molecule has 0 bridgehead atoms. The SMILES string of the molecule is CCCCCCOC(=N)c1ccoc1. The third-order valence-corrected chi connectivity index (χ3v) is 2.03. The van der Waals surface area contributed by atoms with Gasteiger partial charge in [0.1, 0.15) is 6.26 Å². The zero-order valence-electron chi connectivity index (χ0n) is 8.58. The van der Waals surface area contributed by atoms with Gasteiger partial charge in [0.15, 0.2) is 0 Å². The second kappa shape index (κ2) is 6.24. The van der Waals surface area contributed by atoms with Crippen LogP contribution in [0.5, 0.6) is 0 Å². The first kappa shape index (κ1) is 10.8. The van der Waals surface area contributed by atoms with Gasteiger partial charge in [0.2, 0.25) is 5.90 Å². The first-order valence-electron chi connectivity index (χ1n) is 5.08. The van der Waals surface area contributed by atoms with E-state index >= 15 is 0 Å². The quantitative estimate of drug-likeness (QED) is 0.430. The van der Waals surface area contributed by atoms with Crippen molar-refractivity contribution in [2.24, 2.45) is 0 Å².